The van der Waals surface area contributed by atoms with Gasteiger partial charge in [-0.15, -0.1) is 11.3 Å². The lowest BCUT2D eigenvalue weighted by atomic mass is 9.90. The van der Waals surface area contributed by atoms with E-state index in [-0.39, 0.29) is 5.56 Å². The van der Waals surface area contributed by atoms with Crippen LogP contribution in [0.25, 0.3) is 20.7 Å². The average Bonchev–Trinajstić information content (AvgIpc) is 3.21. The quantitative estimate of drug-likeness (QED) is 0.193. The van der Waals surface area contributed by atoms with Gasteiger partial charge in [-0.3, -0.25) is 9.36 Å². The average molecular weight is 467 g/mol. The largest absolute Gasteiger partial charge is 0.284 e. The van der Waals surface area contributed by atoms with Crippen LogP contribution in [0.4, 0.5) is 0 Å². The molecule has 0 spiro atoms. The van der Waals surface area contributed by atoms with Crippen LogP contribution < -0.4 is 5.56 Å². The molecule has 0 radical (unpaired) electrons. The third kappa shape index (κ3) is 4.31. The predicted octanol–water partition coefficient (Wildman–Crippen LogP) is 7.79. The summed E-state index contributed by atoms with van der Waals surface area (Å²) in [5.41, 5.74) is 4.19. The molecule has 3 nitrogen and oxygen atoms in total. The molecule has 5 heteroatoms. The molecule has 0 bridgehead atoms. The fourth-order valence-electron chi connectivity index (χ4n) is 5.41. The Morgan fingerprint density at radius 3 is 2.72 bits per heavy atom. The summed E-state index contributed by atoms with van der Waals surface area (Å²) in [4.78, 5) is 21.4. The zero-order valence-corrected chi connectivity index (χ0v) is 20.8. The molecule has 1 aromatic carbocycles. The maximum atomic E-state index is 14.0. The fraction of sp³-hybridized carbons (Fsp3) is 0.556. The molecular weight excluding hydrogens is 432 g/mol. The van der Waals surface area contributed by atoms with Crippen LogP contribution >= 0.6 is 23.1 Å². The van der Waals surface area contributed by atoms with Crippen molar-refractivity contribution in [2.24, 2.45) is 0 Å². The number of nitrogens with zero attached hydrogens (tertiary/aromatic N) is 2. The molecule has 170 valence electrons. The molecule has 0 saturated heterocycles. The lowest BCUT2D eigenvalue weighted by Crippen LogP contribution is -2.29. The molecule has 0 unspecified atom stereocenters. The van der Waals surface area contributed by atoms with E-state index >= 15 is 0 Å². The Morgan fingerprint density at radius 2 is 1.88 bits per heavy atom. The van der Waals surface area contributed by atoms with Crippen molar-refractivity contribution >= 4 is 33.3 Å². The molecule has 32 heavy (non-hydrogen) atoms. The molecule has 2 aromatic heterocycles. The van der Waals surface area contributed by atoms with Crippen molar-refractivity contribution in [3.63, 3.8) is 0 Å². The number of hydrogen-bond acceptors (Lipinski definition) is 4. The van der Waals surface area contributed by atoms with E-state index in [2.05, 4.69) is 35.8 Å². The molecule has 2 heterocycles. The van der Waals surface area contributed by atoms with Crippen LogP contribution in [0.5, 0.6) is 0 Å². The van der Waals surface area contributed by atoms with Crippen LogP contribution in [0, 0.1) is 0 Å². The Kier molecular flexibility index (Phi) is 7.03. The van der Waals surface area contributed by atoms with Crippen LogP contribution in [0.2, 0.25) is 0 Å². The first-order valence-corrected chi connectivity index (χ1v) is 14.4. The van der Waals surface area contributed by atoms with Crippen molar-refractivity contribution < 1.29 is 0 Å². The second kappa shape index (κ2) is 10.1. The van der Waals surface area contributed by atoms with E-state index in [1.807, 2.05) is 11.8 Å². The van der Waals surface area contributed by atoms with Gasteiger partial charge in [-0.25, -0.2) is 4.98 Å². The number of hydrogen-bond donors (Lipinski definition) is 0. The molecular formula is C27H34N2OS2. The maximum absolute atomic E-state index is 14.0. The second-order valence-corrected chi connectivity index (χ2v) is 11.4. The predicted molar refractivity (Wildman–Crippen MR) is 138 cm³/mol. The highest BCUT2D eigenvalue weighted by molar-refractivity contribution is 7.99. The molecule has 0 N–H and O–H groups in total. The number of benzene rings is 1. The minimum absolute atomic E-state index is 0.229. The molecule has 2 aliphatic rings. The van der Waals surface area contributed by atoms with Crippen LogP contribution in [0.3, 0.4) is 0 Å². The standard InChI is InChI=1S/C27H34N2OS2/c1-2-3-4-5-11-18-31-27-28-25-23(26(30)29(27)20-13-7-6-8-14-20)22-17-16-19-12-9-10-15-21(19)24(22)32-25/h9-10,12,15,20H,2-8,11,13-14,16-18H2,1H3. The highest BCUT2D eigenvalue weighted by atomic mass is 32.2. The molecule has 2 aliphatic carbocycles. The van der Waals surface area contributed by atoms with Gasteiger partial charge < -0.3 is 0 Å². The summed E-state index contributed by atoms with van der Waals surface area (Å²) in [6, 6.07) is 9.01. The molecule has 0 aliphatic heterocycles. The highest BCUT2D eigenvalue weighted by Crippen LogP contribution is 2.43. The van der Waals surface area contributed by atoms with E-state index in [1.165, 1.54) is 72.9 Å². The SMILES string of the molecule is CCCCCCCSc1nc2sc3c(c2c(=O)n1C1CCCCC1)CCc1ccccc1-3. The second-order valence-electron chi connectivity index (χ2n) is 9.37. The Hall–Kier alpha value is -1.59. The highest BCUT2D eigenvalue weighted by Gasteiger charge is 2.27. The third-order valence-electron chi connectivity index (χ3n) is 7.15. The van der Waals surface area contributed by atoms with E-state index in [0.717, 1.165) is 46.8 Å². The lowest BCUT2D eigenvalue weighted by Gasteiger charge is -2.26. The van der Waals surface area contributed by atoms with Crippen LogP contribution in [-0.2, 0) is 12.8 Å². The van der Waals surface area contributed by atoms with Crippen LogP contribution in [-0.4, -0.2) is 15.3 Å². The summed E-state index contributed by atoms with van der Waals surface area (Å²) in [5.74, 6) is 1.06. The molecule has 1 fully saturated rings. The Labute approximate surface area is 199 Å². The number of aromatic nitrogens is 2. The first-order chi connectivity index (χ1) is 15.8. The summed E-state index contributed by atoms with van der Waals surface area (Å²) >= 11 is 3.56. The van der Waals surface area contributed by atoms with Gasteiger partial charge in [0.15, 0.2) is 5.16 Å². The summed E-state index contributed by atoms with van der Waals surface area (Å²) in [6.07, 6.45) is 14.4. The van der Waals surface area contributed by atoms with Gasteiger partial charge in [0.25, 0.3) is 5.56 Å². The van der Waals surface area contributed by atoms with Crippen molar-refractivity contribution in [2.45, 2.75) is 95.2 Å². The minimum Gasteiger partial charge on any atom is -0.284 e. The number of rotatable bonds is 8. The van der Waals surface area contributed by atoms with Gasteiger partial charge >= 0.3 is 0 Å². The van der Waals surface area contributed by atoms with E-state index in [1.54, 1.807) is 11.3 Å². The third-order valence-corrected chi connectivity index (χ3v) is 9.35. The van der Waals surface area contributed by atoms with Crippen LogP contribution in [0.15, 0.2) is 34.2 Å². The number of aryl methyl sites for hydroxylation is 2. The number of thiophene rings is 1. The minimum atomic E-state index is 0.229. The lowest BCUT2D eigenvalue weighted by molar-refractivity contribution is 0.326. The monoisotopic (exact) mass is 466 g/mol. The zero-order chi connectivity index (χ0) is 21.9. The normalized spacial score (nSPS) is 16.3. The fourth-order valence-corrected chi connectivity index (χ4v) is 7.80. The van der Waals surface area contributed by atoms with E-state index < -0.39 is 0 Å². The molecule has 3 aromatic rings. The number of unbranched alkanes of at least 4 members (excludes halogenated alkanes) is 4. The Morgan fingerprint density at radius 1 is 1.06 bits per heavy atom. The first-order valence-electron chi connectivity index (χ1n) is 12.6. The maximum Gasteiger partial charge on any atom is 0.263 e. The van der Waals surface area contributed by atoms with Gasteiger partial charge in [-0.2, -0.15) is 0 Å². The summed E-state index contributed by atoms with van der Waals surface area (Å²) in [7, 11) is 0. The van der Waals surface area contributed by atoms with Crippen molar-refractivity contribution in [1.82, 2.24) is 9.55 Å². The van der Waals surface area contributed by atoms with Gasteiger partial charge in [0.2, 0.25) is 0 Å². The molecule has 0 amide bonds. The van der Waals surface area contributed by atoms with Crippen LogP contribution in [0.1, 0.15) is 88.3 Å². The van der Waals surface area contributed by atoms with Gasteiger partial charge in [0, 0.05) is 16.7 Å². The Balaban J connectivity index is 1.54. The smallest absolute Gasteiger partial charge is 0.263 e. The summed E-state index contributed by atoms with van der Waals surface area (Å²) in [6.45, 7) is 2.26. The summed E-state index contributed by atoms with van der Waals surface area (Å²) in [5, 5.41) is 1.88. The number of thioether (sulfide) groups is 1. The van der Waals surface area contributed by atoms with E-state index in [9.17, 15) is 4.79 Å². The van der Waals surface area contributed by atoms with Gasteiger partial charge in [0.1, 0.15) is 4.83 Å². The topological polar surface area (TPSA) is 34.9 Å². The molecule has 0 atom stereocenters. The van der Waals surface area contributed by atoms with Crippen molar-refractivity contribution in [2.75, 3.05) is 5.75 Å². The number of fused-ring (bicyclic) bond motifs is 5. The van der Waals surface area contributed by atoms with E-state index in [4.69, 9.17) is 4.98 Å². The zero-order valence-electron chi connectivity index (χ0n) is 19.2. The van der Waals surface area contributed by atoms with Crippen molar-refractivity contribution in [3.05, 3.63) is 45.7 Å². The van der Waals surface area contributed by atoms with Gasteiger partial charge in [0.05, 0.1) is 5.39 Å². The van der Waals surface area contributed by atoms with Crippen molar-refractivity contribution in [3.8, 4) is 10.4 Å². The first kappa shape index (κ1) is 22.2. The van der Waals surface area contributed by atoms with Gasteiger partial charge in [-0.1, -0.05) is 87.9 Å². The van der Waals surface area contributed by atoms with Crippen molar-refractivity contribution in [1.29, 1.82) is 0 Å². The molecule has 1 saturated carbocycles. The molecule has 5 rings (SSSR count). The Bertz CT molecular complexity index is 1140. The van der Waals surface area contributed by atoms with E-state index in [0.29, 0.717) is 6.04 Å². The summed E-state index contributed by atoms with van der Waals surface area (Å²) < 4.78 is 2.12. The van der Waals surface area contributed by atoms with Gasteiger partial charge in [-0.05, 0) is 48.8 Å².